The molecule has 3 rings (SSSR count). The van der Waals surface area contributed by atoms with Gasteiger partial charge in [0.1, 0.15) is 6.10 Å². The Labute approximate surface area is 130 Å². The highest BCUT2D eigenvalue weighted by molar-refractivity contribution is 6.02. The largest absolute Gasteiger partial charge is 0.481 e. The smallest absolute Gasteiger partial charge is 0.311 e. The minimum atomic E-state index is -0.729. The Morgan fingerprint density at radius 2 is 2.32 bits per heavy atom. The summed E-state index contributed by atoms with van der Waals surface area (Å²) >= 11 is 0. The normalized spacial score (nSPS) is 28.0. The van der Waals surface area contributed by atoms with E-state index in [1.807, 2.05) is 18.2 Å². The first kappa shape index (κ1) is 15.0. The Morgan fingerprint density at radius 1 is 1.50 bits per heavy atom. The highest BCUT2D eigenvalue weighted by atomic mass is 16.6. The zero-order valence-corrected chi connectivity index (χ0v) is 12.8. The Hall–Kier alpha value is -1.88. The number of piperidine rings is 1. The van der Waals surface area contributed by atoms with E-state index in [9.17, 15) is 9.90 Å². The lowest BCUT2D eigenvalue weighted by Crippen LogP contribution is -2.47. The molecule has 1 fully saturated rings. The molecule has 0 saturated carbocycles. The van der Waals surface area contributed by atoms with Crippen molar-refractivity contribution in [3.05, 3.63) is 35.4 Å². The van der Waals surface area contributed by atoms with Crippen molar-refractivity contribution >= 4 is 11.7 Å². The first-order chi connectivity index (χ1) is 10.6. The second-order valence-corrected chi connectivity index (χ2v) is 6.35. The monoisotopic (exact) mass is 302 g/mol. The highest BCUT2D eigenvalue weighted by Crippen LogP contribution is 2.35. The van der Waals surface area contributed by atoms with Gasteiger partial charge in [-0.25, -0.2) is 0 Å². The van der Waals surface area contributed by atoms with Crippen LogP contribution in [0.1, 0.15) is 36.8 Å². The van der Waals surface area contributed by atoms with Gasteiger partial charge in [-0.15, -0.1) is 0 Å². The van der Waals surface area contributed by atoms with Gasteiger partial charge in [0.2, 0.25) is 0 Å². The van der Waals surface area contributed by atoms with Crippen LogP contribution in [-0.4, -0.2) is 36.0 Å². The van der Waals surface area contributed by atoms with Crippen molar-refractivity contribution in [2.75, 3.05) is 13.1 Å². The maximum absolute atomic E-state index is 11.7. The fourth-order valence-corrected chi connectivity index (χ4v) is 3.44. The average molecular weight is 302 g/mol. The van der Waals surface area contributed by atoms with Crippen LogP contribution in [0.25, 0.3) is 0 Å². The maximum Gasteiger partial charge on any atom is 0.311 e. The standard InChI is InChI=1S/C17H22N2O3/c1-12-5-2-3-6-14(12)15-9-13(22-19-15)10-17(16(20)21)7-4-8-18-11-17/h2-3,5-6,13,18H,4,7-11H2,1H3,(H,20,21)/t13-,17+/m0/s1. The van der Waals surface area contributed by atoms with Crippen LogP contribution in [0, 0.1) is 12.3 Å². The van der Waals surface area contributed by atoms with Gasteiger partial charge in [0, 0.05) is 24.9 Å². The lowest BCUT2D eigenvalue weighted by molar-refractivity contribution is -0.152. The fraction of sp³-hybridized carbons (Fsp3) is 0.529. The second-order valence-electron chi connectivity index (χ2n) is 6.35. The van der Waals surface area contributed by atoms with Crippen LogP contribution in [-0.2, 0) is 9.63 Å². The number of carbonyl (C=O) groups is 1. The van der Waals surface area contributed by atoms with Crippen LogP contribution < -0.4 is 5.32 Å². The summed E-state index contributed by atoms with van der Waals surface area (Å²) in [6, 6.07) is 8.08. The van der Waals surface area contributed by atoms with Gasteiger partial charge in [-0.2, -0.15) is 0 Å². The molecule has 0 radical (unpaired) electrons. The number of carboxylic acids is 1. The summed E-state index contributed by atoms with van der Waals surface area (Å²) in [6.07, 6.45) is 2.64. The van der Waals surface area contributed by atoms with E-state index in [4.69, 9.17) is 4.84 Å². The topological polar surface area (TPSA) is 70.9 Å². The van der Waals surface area contributed by atoms with Crippen LogP contribution in [0.15, 0.2) is 29.4 Å². The quantitative estimate of drug-likeness (QED) is 0.895. The Morgan fingerprint density at radius 3 is 3.00 bits per heavy atom. The number of nitrogens with zero attached hydrogens (tertiary/aromatic N) is 1. The van der Waals surface area contributed by atoms with Crippen molar-refractivity contribution in [3.63, 3.8) is 0 Å². The zero-order chi connectivity index (χ0) is 15.6. The van der Waals surface area contributed by atoms with Gasteiger partial charge in [0.05, 0.1) is 11.1 Å². The molecule has 5 nitrogen and oxygen atoms in total. The van der Waals surface area contributed by atoms with Gasteiger partial charge in [-0.05, 0) is 31.9 Å². The van der Waals surface area contributed by atoms with Gasteiger partial charge in [-0.1, -0.05) is 29.4 Å². The lowest BCUT2D eigenvalue weighted by Gasteiger charge is -2.34. The van der Waals surface area contributed by atoms with Crippen LogP contribution in [0.4, 0.5) is 0 Å². The molecule has 2 aliphatic rings. The van der Waals surface area contributed by atoms with Crippen LogP contribution in [0.5, 0.6) is 0 Å². The van der Waals surface area contributed by atoms with Crippen LogP contribution in [0.3, 0.4) is 0 Å². The first-order valence-electron chi connectivity index (χ1n) is 7.83. The van der Waals surface area contributed by atoms with E-state index in [1.54, 1.807) is 0 Å². The SMILES string of the molecule is Cc1ccccc1C1=NO[C@H](C[C@]2(C(=O)O)CCCNC2)C1. The molecule has 1 aromatic carbocycles. The molecule has 0 bridgehead atoms. The number of aryl methyl sites for hydroxylation is 1. The van der Waals surface area contributed by atoms with Gasteiger partial charge in [0.25, 0.3) is 0 Å². The van der Waals surface area contributed by atoms with Crippen LogP contribution in [0.2, 0.25) is 0 Å². The van der Waals surface area contributed by atoms with E-state index in [-0.39, 0.29) is 6.10 Å². The number of oxime groups is 1. The summed E-state index contributed by atoms with van der Waals surface area (Å²) in [7, 11) is 0. The van der Waals surface area contributed by atoms with Gasteiger partial charge < -0.3 is 15.3 Å². The molecule has 0 spiro atoms. The Bertz CT molecular complexity index is 591. The third-order valence-electron chi connectivity index (χ3n) is 4.73. The predicted molar refractivity (Wildman–Crippen MR) is 84.0 cm³/mol. The van der Waals surface area contributed by atoms with Crippen molar-refractivity contribution < 1.29 is 14.7 Å². The number of benzene rings is 1. The second kappa shape index (κ2) is 6.08. The zero-order valence-electron chi connectivity index (χ0n) is 12.8. The van der Waals surface area contributed by atoms with E-state index in [0.717, 1.165) is 29.8 Å². The molecule has 5 heteroatoms. The summed E-state index contributed by atoms with van der Waals surface area (Å²) in [5, 5.41) is 17.1. The number of hydrogen-bond acceptors (Lipinski definition) is 4. The van der Waals surface area contributed by atoms with E-state index >= 15 is 0 Å². The van der Waals surface area contributed by atoms with E-state index in [1.165, 1.54) is 0 Å². The van der Waals surface area contributed by atoms with Crippen molar-refractivity contribution in [1.82, 2.24) is 5.32 Å². The molecule has 0 aliphatic carbocycles. The van der Waals surface area contributed by atoms with E-state index in [2.05, 4.69) is 23.5 Å². The minimum Gasteiger partial charge on any atom is -0.481 e. The lowest BCUT2D eigenvalue weighted by atomic mass is 9.75. The molecule has 1 saturated heterocycles. The predicted octanol–water partition coefficient (Wildman–Crippen LogP) is 2.33. The molecule has 1 aromatic rings. The average Bonchev–Trinajstić information content (AvgIpc) is 2.96. The number of nitrogens with one attached hydrogen (secondary N) is 1. The van der Waals surface area contributed by atoms with Crippen molar-refractivity contribution in [3.8, 4) is 0 Å². The fourth-order valence-electron chi connectivity index (χ4n) is 3.44. The molecule has 2 atom stereocenters. The van der Waals surface area contributed by atoms with Gasteiger partial charge in [-0.3, -0.25) is 4.79 Å². The maximum atomic E-state index is 11.7. The number of hydrogen-bond donors (Lipinski definition) is 2. The first-order valence-corrected chi connectivity index (χ1v) is 7.83. The summed E-state index contributed by atoms with van der Waals surface area (Å²) in [4.78, 5) is 17.3. The molecule has 22 heavy (non-hydrogen) atoms. The summed E-state index contributed by atoms with van der Waals surface area (Å²) in [6.45, 7) is 3.46. The molecule has 118 valence electrons. The number of carboxylic acid groups (broad SMARTS) is 1. The highest BCUT2D eigenvalue weighted by Gasteiger charge is 2.43. The molecule has 2 heterocycles. The Kier molecular flexibility index (Phi) is 4.16. The number of aliphatic carboxylic acids is 1. The number of rotatable bonds is 4. The molecule has 0 unspecified atom stereocenters. The third kappa shape index (κ3) is 2.86. The van der Waals surface area contributed by atoms with Crippen molar-refractivity contribution in [2.45, 2.75) is 38.7 Å². The summed E-state index contributed by atoms with van der Waals surface area (Å²) < 4.78 is 0. The summed E-state index contributed by atoms with van der Waals surface area (Å²) in [5.41, 5.74) is 2.46. The van der Waals surface area contributed by atoms with Gasteiger partial charge >= 0.3 is 5.97 Å². The van der Waals surface area contributed by atoms with E-state index in [0.29, 0.717) is 25.8 Å². The van der Waals surface area contributed by atoms with Crippen LogP contribution >= 0.6 is 0 Å². The third-order valence-corrected chi connectivity index (χ3v) is 4.73. The molecule has 2 aliphatic heterocycles. The van der Waals surface area contributed by atoms with Crippen molar-refractivity contribution in [1.29, 1.82) is 0 Å². The summed E-state index contributed by atoms with van der Waals surface area (Å²) in [5.74, 6) is -0.729. The molecule has 0 aromatic heterocycles. The molecule has 2 N–H and O–H groups in total. The molecule has 0 amide bonds. The van der Waals surface area contributed by atoms with Gasteiger partial charge in [0.15, 0.2) is 0 Å². The Balaban J connectivity index is 1.69. The molecular formula is C17H22N2O3. The minimum absolute atomic E-state index is 0.148. The van der Waals surface area contributed by atoms with Crippen molar-refractivity contribution in [2.24, 2.45) is 10.6 Å². The molecular weight excluding hydrogens is 280 g/mol. The van der Waals surface area contributed by atoms with E-state index < -0.39 is 11.4 Å².